The van der Waals surface area contributed by atoms with Crippen LogP contribution in [0.1, 0.15) is 290 Å². The normalized spacial score (nSPS) is 14.0. The molecule has 0 heterocycles. The highest BCUT2D eigenvalue weighted by atomic mass is 35.5. The first-order valence-corrected chi connectivity index (χ1v) is 30.0. The van der Waals surface area contributed by atoms with Crippen molar-refractivity contribution in [3.63, 3.8) is 0 Å². The van der Waals surface area contributed by atoms with E-state index >= 15 is 0 Å². The maximum Gasteiger partial charge on any atom is 0.411 e. The maximum atomic E-state index is 11.1. The molecule has 0 spiro atoms. The Balaban J connectivity index is -0.000000887. The zero-order valence-electron chi connectivity index (χ0n) is 44.5. The molecule has 0 aromatic heterocycles. The minimum absolute atomic E-state index is 0.0590. The third-order valence-electron chi connectivity index (χ3n) is 12.1. The molecule has 1 aliphatic carbocycles. The molecule has 70 heavy (non-hydrogen) atoms. The van der Waals surface area contributed by atoms with Gasteiger partial charge in [-0.3, -0.25) is 4.79 Å². The van der Waals surface area contributed by atoms with Gasteiger partial charge in [-0.25, -0.2) is 19.2 Å². The van der Waals surface area contributed by atoms with Crippen molar-refractivity contribution in [3.8, 4) is 0 Å². The SMILES string of the molecule is CCCCCCCCC=CCCCCCCCC(=O)OC(=O)Cl.CCCCCCCCCCCCCCCCCCOC(=O)Cl.CCCCCCCCCCOC(=O)Cl.O=C(Cl)OC1CCCC(Cl)C1. The van der Waals surface area contributed by atoms with Gasteiger partial charge in [0.15, 0.2) is 0 Å². The quantitative estimate of drug-likeness (QED) is 0.0112. The highest BCUT2D eigenvalue weighted by Crippen LogP contribution is 2.25. The minimum atomic E-state index is -1.04. The Labute approximate surface area is 453 Å². The Morgan fingerprint density at radius 1 is 0.414 bits per heavy atom. The maximum absolute atomic E-state index is 11.1. The second kappa shape index (κ2) is 62.0. The van der Waals surface area contributed by atoms with Crippen LogP contribution in [-0.2, 0) is 23.7 Å². The van der Waals surface area contributed by atoms with Crippen molar-refractivity contribution < 1.29 is 42.9 Å². The van der Waals surface area contributed by atoms with Gasteiger partial charge in [0.25, 0.3) is 0 Å². The summed E-state index contributed by atoms with van der Waals surface area (Å²) in [7, 11) is 0. The van der Waals surface area contributed by atoms with Crippen LogP contribution in [0.15, 0.2) is 12.2 Å². The third kappa shape index (κ3) is 71.0. The van der Waals surface area contributed by atoms with Gasteiger partial charge in [-0.05, 0) is 64.2 Å². The van der Waals surface area contributed by atoms with Crippen LogP contribution in [0.4, 0.5) is 19.2 Å². The fraction of sp³-hybridized carbons (Fsp3) is 0.875. The standard InChI is InChI=1S/C19H33ClO3.C19H37ClO2.C11H21ClO2.C7H10Cl2O2/c1-2-3-4-5-6-7-8-9-10-11-12-13-14-15-16-17-18(21)23-19(20)22;1-2-3-4-5-6-7-8-9-10-11-12-13-14-15-16-17-18-22-19(20)21;1-2-3-4-5-6-7-8-9-10-14-11(12)13;8-5-2-1-3-6(4-5)11-7(9)10/h9-10H,2-8,11-17H2,1H3;2-18H2,1H3;2-10H2,1H3;5-6H,1-4H2. The number of carbonyl (C=O) groups is 5. The van der Waals surface area contributed by atoms with Gasteiger partial charge < -0.3 is 18.9 Å². The largest absolute Gasteiger partial charge is 0.454 e. The first-order chi connectivity index (χ1) is 33.9. The summed E-state index contributed by atoms with van der Waals surface area (Å²) in [5, 5.41) is 0.143. The van der Waals surface area contributed by atoms with E-state index in [4.69, 9.17) is 62.7 Å². The number of ether oxygens (including phenoxy) is 4. The van der Waals surface area contributed by atoms with E-state index in [0.29, 0.717) is 13.2 Å². The summed E-state index contributed by atoms with van der Waals surface area (Å²) in [5.74, 6) is -0.525. The zero-order chi connectivity index (χ0) is 52.4. The number of allylic oxidation sites excluding steroid dienone is 2. The number of esters is 1. The van der Waals surface area contributed by atoms with Crippen LogP contribution >= 0.6 is 58.0 Å². The van der Waals surface area contributed by atoms with E-state index in [1.807, 2.05) is 0 Å². The number of hydrogen-bond acceptors (Lipinski definition) is 9. The van der Waals surface area contributed by atoms with Crippen molar-refractivity contribution in [2.24, 2.45) is 0 Å². The average molecular weight is 1100 g/mol. The highest BCUT2D eigenvalue weighted by Gasteiger charge is 2.22. The van der Waals surface area contributed by atoms with Gasteiger partial charge >= 0.3 is 27.7 Å². The summed E-state index contributed by atoms with van der Waals surface area (Å²) >= 11 is 26.0. The molecule has 0 aromatic rings. The van der Waals surface area contributed by atoms with Crippen LogP contribution in [-0.4, -0.2) is 52.4 Å². The monoisotopic (exact) mass is 1090 g/mol. The molecular formula is C56H101Cl5O9. The Bertz CT molecular complexity index is 1190. The van der Waals surface area contributed by atoms with Crippen LogP contribution in [0.5, 0.6) is 0 Å². The summed E-state index contributed by atoms with van der Waals surface area (Å²) in [6.45, 7) is 7.69. The van der Waals surface area contributed by atoms with E-state index < -0.39 is 27.7 Å². The first kappa shape index (κ1) is 73.0. The molecule has 2 atom stereocenters. The molecule has 1 saturated carbocycles. The van der Waals surface area contributed by atoms with Crippen LogP contribution in [0.3, 0.4) is 0 Å². The summed E-state index contributed by atoms with van der Waals surface area (Å²) in [4.78, 5) is 52.2. The summed E-state index contributed by atoms with van der Waals surface area (Å²) < 4.78 is 18.4. The van der Waals surface area contributed by atoms with E-state index in [1.165, 1.54) is 186 Å². The van der Waals surface area contributed by atoms with Crippen LogP contribution in [0.25, 0.3) is 0 Å². The molecule has 0 N–H and O–H groups in total. The Morgan fingerprint density at radius 2 is 0.743 bits per heavy atom. The van der Waals surface area contributed by atoms with Crippen molar-refractivity contribution in [1.82, 2.24) is 0 Å². The van der Waals surface area contributed by atoms with Crippen molar-refractivity contribution >= 4 is 85.7 Å². The van der Waals surface area contributed by atoms with Crippen LogP contribution < -0.4 is 0 Å². The van der Waals surface area contributed by atoms with Crippen molar-refractivity contribution in [2.45, 2.75) is 302 Å². The molecule has 0 amide bonds. The lowest BCUT2D eigenvalue weighted by molar-refractivity contribution is -0.136. The molecule has 9 nitrogen and oxygen atoms in total. The van der Waals surface area contributed by atoms with E-state index in [2.05, 4.69) is 47.1 Å². The molecule has 0 radical (unpaired) electrons. The second-order valence-corrected chi connectivity index (χ2v) is 20.6. The molecule has 414 valence electrons. The summed E-state index contributed by atoms with van der Waals surface area (Å²) in [6.07, 6.45) is 55.8. The predicted molar refractivity (Wildman–Crippen MR) is 298 cm³/mol. The van der Waals surface area contributed by atoms with Gasteiger partial charge in [0.05, 0.1) is 13.2 Å². The van der Waals surface area contributed by atoms with Gasteiger partial charge in [-0.2, -0.15) is 0 Å². The van der Waals surface area contributed by atoms with E-state index in [0.717, 1.165) is 77.0 Å². The fourth-order valence-corrected chi connectivity index (χ4v) is 8.72. The molecular weight excluding hydrogens is 994 g/mol. The lowest BCUT2D eigenvalue weighted by Gasteiger charge is -2.23. The molecule has 0 aliphatic heterocycles. The van der Waals surface area contributed by atoms with Crippen LogP contribution in [0.2, 0.25) is 0 Å². The van der Waals surface area contributed by atoms with Gasteiger partial charge in [-0.1, -0.05) is 226 Å². The lowest BCUT2D eigenvalue weighted by atomic mass is 9.97. The van der Waals surface area contributed by atoms with Gasteiger partial charge in [-0.15, -0.1) is 11.6 Å². The Morgan fingerprint density at radius 3 is 1.06 bits per heavy atom. The van der Waals surface area contributed by atoms with Crippen molar-refractivity contribution in [3.05, 3.63) is 12.2 Å². The average Bonchev–Trinajstić information content (AvgIpc) is 3.31. The fourth-order valence-electron chi connectivity index (χ4n) is 8.00. The van der Waals surface area contributed by atoms with Gasteiger partial charge in [0.2, 0.25) is 0 Å². The highest BCUT2D eigenvalue weighted by molar-refractivity contribution is 6.62. The Hall–Kier alpha value is -1.26. The molecule has 1 rings (SSSR count). The number of alkyl halides is 1. The number of hydrogen-bond donors (Lipinski definition) is 0. The number of halogens is 5. The van der Waals surface area contributed by atoms with Crippen molar-refractivity contribution in [2.75, 3.05) is 13.2 Å². The molecule has 1 fully saturated rings. The van der Waals surface area contributed by atoms with Crippen LogP contribution in [0, 0.1) is 0 Å². The number of rotatable bonds is 42. The second-order valence-electron chi connectivity index (χ2n) is 18.7. The smallest absolute Gasteiger partial charge is 0.411 e. The molecule has 0 aromatic carbocycles. The molecule has 0 saturated heterocycles. The van der Waals surface area contributed by atoms with E-state index in [9.17, 15) is 24.0 Å². The summed E-state index contributed by atoms with van der Waals surface area (Å²) in [5.41, 5.74) is -3.13. The topological polar surface area (TPSA) is 122 Å². The zero-order valence-corrected chi connectivity index (χ0v) is 48.3. The van der Waals surface area contributed by atoms with Gasteiger partial charge in [0, 0.05) is 64.6 Å². The molecule has 2 unspecified atom stereocenters. The number of unbranched alkanes of at least 4 members (excludes halogenated alkanes) is 33. The third-order valence-corrected chi connectivity index (χ3v) is 12.9. The molecule has 14 heteroatoms. The predicted octanol–water partition coefficient (Wildman–Crippen LogP) is 22.0. The minimum Gasteiger partial charge on any atom is -0.454 e. The Kier molecular flexibility index (Phi) is 64.7. The first-order valence-electron chi connectivity index (χ1n) is 28.1. The van der Waals surface area contributed by atoms with Crippen molar-refractivity contribution in [1.29, 1.82) is 0 Å². The number of carbonyl (C=O) groups excluding carboxylic acids is 5. The molecule has 0 bridgehead atoms. The van der Waals surface area contributed by atoms with E-state index in [-0.39, 0.29) is 17.9 Å². The van der Waals surface area contributed by atoms with E-state index in [1.54, 1.807) is 0 Å². The lowest BCUT2D eigenvalue weighted by Crippen LogP contribution is -2.23. The molecule has 1 aliphatic rings. The van der Waals surface area contributed by atoms with Gasteiger partial charge in [0.1, 0.15) is 6.10 Å². The summed E-state index contributed by atoms with van der Waals surface area (Å²) in [6, 6.07) is 0.